The average Bonchev–Trinajstić information content (AvgIpc) is 2.77. The van der Waals surface area contributed by atoms with Crippen LogP contribution < -0.4 is 5.73 Å². The van der Waals surface area contributed by atoms with Crippen LogP contribution in [0.5, 0.6) is 0 Å². The van der Waals surface area contributed by atoms with E-state index in [1.807, 2.05) is 43.3 Å². The highest BCUT2D eigenvalue weighted by molar-refractivity contribution is 8.01. The molecule has 1 heterocycles. The molecule has 3 rings (SSSR count). The summed E-state index contributed by atoms with van der Waals surface area (Å²) in [7, 11) is 0. The van der Waals surface area contributed by atoms with E-state index in [1.165, 1.54) is 4.70 Å². The predicted molar refractivity (Wildman–Crippen MR) is 79.3 cm³/mol. The molecule has 0 aliphatic carbocycles. The first-order chi connectivity index (χ1) is 8.74. The number of thiazole rings is 1. The standard InChI is InChI=1S/C14H12N2S2/c1-9-5-4-8-12(13(9)15)18-14-16-10-6-2-3-7-11(10)17-14/h2-8H,15H2,1H3. The second kappa shape index (κ2) is 4.63. The first kappa shape index (κ1) is 11.6. The van der Waals surface area contributed by atoms with Crippen LogP contribution in [-0.4, -0.2) is 4.98 Å². The van der Waals surface area contributed by atoms with Crippen molar-refractivity contribution in [1.29, 1.82) is 0 Å². The Balaban J connectivity index is 1.99. The zero-order valence-electron chi connectivity index (χ0n) is 9.88. The number of hydrogen-bond donors (Lipinski definition) is 1. The molecule has 0 spiro atoms. The molecule has 2 nitrogen and oxygen atoms in total. The number of nitrogens with two attached hydrogens (primary N) is 1. The van der Waals surface area contributed by atoms with Crippen LogP contribution in [0.2, 0.25) is 0 Å². The average molecular weight is 272 g/mol. The first-order valence-corrected chi connectivity index (χ1v) is 7.26. The van der Waals surface area contributed by atoms with E-state index in [4.69, 9.17) is 5.73 Å². The Bertz CT molecular complexity index is 671. The number of rotatable bonds is 2. The number of aromatic nitrogens is 1. The van der Waals surface area contributed by atoms with Crippen molar-refractivity contribution in [2.75, 3.05) is 5.73 Å². The molecule has 3 aromatic rings. The quantitative estimate of drug-likeness (QED) is 0.705. The minimum Gasteiger partial charge on any atom is -0.398 e. The Labute approximate surface area is 114 Å². The minimum atomic E-state index is 0.849. The predicted octanol–water partition coefficient (Wildman–Crippen LogP) is 4.34. The van der Waals surface area contributed by atoms with Crippen molar-refractivity contribution < 1.29 is 0 Å². The Kier molecular flexibility index (Phi) is 2.97. The smallest absolute Gasteiger partial charge is 0.155 e. The van der Waals surface area contributed by atoms with Gasteiger partial charge >= 0.3 is 0 Å². The molecule has 0 amide bonds. The van der Waals surface area contributed by atoms with E-state index in [0.717, 1.165) is 26.0 Å². The monoisotopic (exact) mass is 272 g/mol. The van der Waals surface area contributed by atoms with Gasteiger partial charge in [-0.25, -0.2) is 4.98 Å². The van der Waals surface area contributed by atoms with Crippen molar-refractivity contribution in [3.63, 3.8) is 0 Å². The summed E-state index contributed by atoms with van der Waals surface area (Å²) in [5.74, 6) is 0. The topological polar surface area (TPSA) is 38.9 Å². The fourth-order valence-electron chi connectivity index (χ4n) is 1.73. The molecule has 4 heteroatoms. The maximum atomic E-state index is 6.08. The third kappa shape index (κ3) is 2.09. The highest BCUT2D eigenvalue weighted by atomic mass is 32.2. The van der Waals surface area contributed by atoms with Crippen LogP contribution in [0, 0.1) is 6.92 Å². The largest absolute Gasteiger partial charge is 0.398 e. The van der Waals surface area contributed by atoms with Crippen LogP contribution in [0.4, 0.5) is 5.69 Å². The molecular weight excluding hydrogens is 260 g/mol. The Hall–Kier alpha value is -1.52. The summed E-state index contributed by atoms with van der Waals surface area (Å²) in [6, 6.07) is 14.3. The minimum absolute atomic E-state index is 0.849. The lowest BCUT2D eigenvalue weighted by Crippen LogP contribution is -1.91. The molecule has 0 atom stereocenters. The van der Waals surface area contributed by atoms with Gasteiger partial charge in [0.05, 0.1) is 10.2 Å². The Morgan fingerprint density at radius 3 is 2.78 bits per heavy atom. The van der Waals surface area contributed by atoms with Crippen molar-refractivity contribution in [1.82, 2.24) is 4.98 Å². The number of hydrogen-bond acceptors (Lipinski definition) is 4. The molecule has 2 aromatic carbocycles. The second-order valence-electron chi connectivity index (χ2n) is 4.04. The highest BCUT2D eigenvalue weighted by Crippen LogP contribution is 2.37. The molecule has 90 valence electrons. The molecule has 0 bridgehead atoms. The van der Waals surface area contributed by atoms with Crippen LogP contribution in [0.1, 0.15) is 5.56 Å². The summed E-state index contributed by atoms with van der Waals surface area (Å²) in [5, 5.41) is 0. The summed E-state index contributed by atoms with van der Waals surface area (Å²) in [5.41, 5.74) is 9.09. The van der Waals surface area contributed by atoms with Gasteiger partial charge in [0, 0.05) is 10.6 Å². The molecule has 18 heavy (non-hydrogen) atoms. The number of aryl methyl sites for hydroxylation is 1. The van der Waals surface area contributed by atoms with Crippen molar-refractivity contribution in [3.05, 3.63) is 48.0 Å². The van der Waals surface area contributed by atoms with Gasteiger partial charge in [0.1, 0.15) is 0 Å². The van der Waals surface area contributed by atoms with E-state index < -0.39 is 0 Å². The van der Waals surface area contributed by atoms with Gasteiger partial charge in [0.2, 0.25) is 0 Å². The number of benzene rings is 2. The third-order valence-corrected chi connectivity index (χ3v) is 4.93. The lowest BCUT2D eigenvalue weighted by atomic mass is 10.2. The van der Waals surface area contributed by atoms with Crippen molar-refractivity contribution in [2.24, 2.45) is 0 Å². The molecule has 0 saturated carbocycles. The molecule has 0 unspecified atom stereocenters. The van der Waals surface area contributed by atoms with Crippen molar-refractivity contribution >= 4 is 39.0 Å². The van der Waals surface area contributed by atoms with Crippen molar-refractivity contribution in [2.45, 2.75) is 16.2 Å². The number of fused-ring (bicyclic) bond motifs is 1. The van der Waals surface area contributed by atoms with Crippen LogP contribution in [0.3, 0.4) is 0 Å². The van der Waals surface area contributed by atoms with Crippen LogP contribution >= 0.6 is 23.1 Å². The normalized spacial score (nSPS) is 10.9. The van der Waals surface area contributed by atoms with E-state index in [1.54, 1.807) is 23.1 Å². The van der Waals surface area contributed by atoms with Crippen molar-refractivity contribution in [3.8, 4) is 0 Å². The van der Waals surface area contributed by atoms with E-state index >= 15 is 0 Å². The Morgan fingerprint density at radius 2 is 1.94 bits per heavy atom. The van der Waals surface area contributed by atoms with Gasteiger partial charge in [0.15, 0.2) is 4.34 Å². The van der Waals surface area contributed by atoms with E-state index in [-0.39, 0.29) is 0 Å². The van der Waals surface area contributed by atoms with Gasteiger partial charge in [-0.2, -0.15) is 0 Å². The maximum Gasteiger partial charge on any atom is 0.155 e. The molecule has 1 aromatic heterocycles. The van der Waals surface area contributed by atoms with Crippen LogP contribution in [0.25, 0.3) is 10.2 Å². The second-order valence-corrected chi connectivity index (χ2v) is 6.36. The zero-order valence-corrected chi connectivity index (χ0v) is 11.5. The molecular formula is C14H12N2S2. The molecule has 0 aliphatic rings. The molecule has 0 aliphatic heterocycles. The fourth-order valence-corrected chi connectivity index (χ4v) is 3.88. The van der Waals surface area contributed by atoms with Gasteiger partial charge in [-0.3, -0.25) is 0 Å². The lowest BCUT2D eigenvalue weighted by Gasteiger charge is -2.05. The van der Waals surface area contributed by atoms with Gasteiger partial charge in [-0.15, -0.1) is 11.3 Å². The van der Waals surface area contributed by atoms with Crippen LogP contribution in [0.15, 0.2) is 51.7 Å². The zero-order chi connectivity index (χ0) is 12.5. The molecule has 2 N–H and O–H groups in total. The van der Waals surface area contributed by atoms with E-state index in [2.05, 4.69) is 11.1 Å². The number of nitrogen functional groups attached to an aromatic ring is 1. The SMILES string of the molecule is Cc1cccc(Sc2nc3ccccc3s2)c1N. The van der Waals surface area contributed by atoms with E-state index in [9.17, 15) is 0 Å². The summed E-state index contributed by atoms with van der Waals surface area (Å²) in [4.78, 5) is 5.68. The summed E-state index contributed by atoms with van der Waals surface area (Å²) < 4.78 is 2.25. The van der Waals surface area contributed by atoms with Gasteiger partial charge in [-0.1, -0.05) is 36.0 Å². The molecule has 0 radical (unpaired) electrons. The summed E-state index contributed by atoms with van der Waals surface area (Å²) >= 11 is 3.34. The molecule has 0 fully saturated rings. The first-order valence-electron chi connectivity index (χ1n) is 5.62. The lowest BCUT2D eigenvalue weighted by molar-refractivity contribution is 1.29. The van der Waals surface area contributed by atoms with Gasteiger partial charge in [-0.05, 0) is 30.7 Å². The summed E-state index contributed by atoms with van der Waals surface area (Å²) in [6.45, 7) is 2.03. The number of anilines is 1. The van der Waals surface area contributed by atoms with Gasteiger partial charge < -0.3 is 5.73 Å². The third-order valence-electron chi connectivity index (χ3n) is 2.76. The number of nitrogens with zero attached hydrogens (tertiary/aromatic N) is 1. The highest BCUT2D eigenvalue weighted by Gasteiger charge is 2.08. The maximum absolute atomic E-state index is 6.08. The summed E-state index contributed by atoms with van der Waals surface area (Å²) in [6.07, 6.45) is 0. The van der Waals surface area contributed by atoms with Gasteiger partial charge in [0.25, 0.3) is 0 Å². The van der Waals surface area contributed by atoms with E-state index in [0.29, 0.717) is 0 Å². The Morgan fingerprint density at radius 1 is 1.11 bits per heavy atom. The number of para-hydroxylation sites is 2. The fraction of sp³-hybridized carbons (Fsp3) is 0.0714. The molecule has 0 saturated heterocycles. The van der Waals surface area contributed by atoms with Crippen LogP contribution in [-0.2, 0) is 0 Å².